The Morgan fingerprint density at radius 3 is 2.64 bits per heavy atom. The van der Waals surface area contributed by atoms with E-state index in [1.54, 1.807) is 0 Å². The van der Waals surface area contributed by atoms with Gasteiger partial charge in [-0.05, 0) is 11.6 Å². The lowest BCUT2D eigenvalue weighted by molar-refractivity contribution is 0.145. The smallest absolute Gasteiger partial charge is 0.281 e. The number of alkyl halides is 3. The van der Waals surface area contributed by atoms with Gasteiger partial charge in [0.2, 0.25) is 0 Å². The maximum absolute atomic E-state index is 12.4. The molecule has 0 aliphatic rings. The zero-order valence-electron chi connectivity index (χ0n) is 6.98. The lowest BCUT2D eigenvalue weighted by atomic mass is 10.2. The van der Waals surface area contributed by atoms with Gasteiger partial charge in [-0.2, -0.15) is 0 Å². The highest BCUT2D eigenvalue weighted by Crippen LogP contribution is 2.29. The van der Waals surface area contributed by atoms with Gasteiger partial charge >= 0.3 is 0 Å². The molecule has 0 saturated heterocycles. The lowest BCUT2D eigenvalue weighted by Crippen LogP contribution is -2.00. The van der Waals surface area contributed by atoms with Crippen LogP contribution in [0.3, 0.4) is 0 Å². The lowest BCUT2D eigenvalue weighted by Gasteiger charge is -2.08. The average Bonchev–Trinajstić information content (AvgIpc) is 2.17. The van der Waals surface area contributed by atoms with E-state index in [0.29, 0.717) is 11.0 Å². The van der Waals surface area contributed by atoms with Crippen molar-refractivity contribution in [3.63, 3.8) is 0 Å². The van der Waals surface area contributed by atoms with Crippen LogP contribution in [0.15, 0.2) is 6.07 Å². The van der Waals surface area contributed by atoms with Gasteiger partial charge in [0, 0.05) is 5.33 Å². The molecule has 1 rings (SSSR count). The predicted molar refractivity (Wildman–Crippen MR) is 52.8 cm³/mol. The van der Waals surface area contributed by atoms with Crippen molar-refractivity contribution in [2.24, 2.45) is 0 Å². The fourth-order valence-corrected chi connectivity index (χ4v) is 1.52. The number of aliphatic hydroxyl groups is 1. The number of halogens is 4. The van der Waals surface area contributed by atoms with E-state index in [-0.39, 0.29) is 17.2 Å². The van der Waals surface area contributed by atoms with Crippen LogP contribution in [0.5, 0.6) is 0 Å². The van der Waals surface area contributed by atoms with Crippen LogP contribution in [-0.2, 0) is 11.9 Å². The normalized spacial score (nSPS) is 11.0. The summed E-state index contributed by atoms with van der Waals surface area (Å²) < 4.78 is 24.8. The maximum atomic E-state index is 12.4. The van der Waals surface area contributed by atoms with Crippen molar-refractivity contribution in [3.8, 4) is 0 Å². The molecule has 0 fully saturated rings. The first-order valence-corrected chi connectivity index (χ1v) is 5.23. The molecular formula is C8H7BrClF2NO. The van der Waals surface area contributed by atoms with E-state index in [1.165, 1.54) is 6.07 Å². The summed E-state index contributed by atoms with van der Waals surface area (Å²) in [6.45, 7) is -0.374. The van der Waals surface area contributed by atoms with Gasteiger partial charge in [0.05, 0.1) is 17.3 Å². The Morgan fingerprint density at radius 2 is 2.21 bits per heavy atom. The zero-order valence-corrected chi connectivity index (χ0v) is 9.32. The van der Waals surface area contributed by atoms with E-state index in [0.717, 1.165) is 0 Å². The van der Waals surface area contributed by atoms with Crippen LogP contribution in [-0.4, -0.2) is 10.1 Å². The van der Waals surface area contributed by atoms with Gasteiger partial charge in [-0.3, -0.25) is 0 Å². The third-order valence-corrected chi connectivity index (χ3v) is 2.64. The third kappa shape index (κ3) is 2.40. The molecule has 78 valence electrons. The quantitative estimate of drug-likeness (QED) is 0.866. The van der Waals surface area contributed by atoms with Crippen molar-refractivity contribution < 1.29 is 13.9 Å². The van der Waals surface area contributed by atoms with Crippen LogP contribution in [0.1, 0.15) is 23.4 Å². The number of rotatable bonds is 3. The molecule has 0 unspecified atom stereocenters. The Hall–Kier alpha value is -0.260. The first kappa shape index (κ1) is 11.8. The Balaban J connectivity index is 3.27. The monoisotopic (exact) mass is 285 g/mol. The molecule has 0 spiro atoms. The summed E-state index contributed by atoms with van der Waals surface area (Å²) in [5.74, 6) is 0. The van der Waals surface area contributed by atoms with Gasteiger partial charge in [0.15, 0.2) is 0 Å². The second kappa shape index (κ2) is 5.00. The minimum absolute atomic E-state index is 0.160. The van der Waals surface area contributed by atoms with Gasteiger partial charge < -0.3 is 5.11 Å². The molecule has 0 aliphatic heterocycles. The van der Waals surface area contributed by atoms with Crippen molar-refractivity contribution in [2.75, 3.05) is 0 Å². The van der Waals surface area contributed by atoms with Crippen LogP contribution in [0.25, 0.3) is 0 Å². The number of nitrogens with zero attached hydrogens (tertiary/aromatic N) is 1. The molecule has 14 heavy (non-hydrogen) atoms. The van der Waals surface area contributed by atoms with Crippen LogP contribution in [0, 0.1) is 0 Å². The van der Waals surface area contributed by atoms with E-state index in [9.17, 15) is 8.78 Å². The molecular weight excluding hydrogens is 279 g/mol. The standard InChI is InChI=1S/C8H7BrClF2NO/c9-2-5-1-4(3-14)6(10)7(13-5)8(11)12/h1,8,14H,2-3H2. The summed E-state index contributed by atoms with van der Waals surface area (Å²) in [5.41, 5.74) is 0.216. The molecule has 1 N–H and O–H groups in total. The number of aliphatic hydroxyl groups excluding tert-OH is 1. The van der Waals surface area contributed by atoms with Crippen LogP contribution < -0.4 is 0 Å². The van der Waals surface area contributed by atoms with Gasteiger partial charge in [-0.25, -0.2) is 13.8 Å². The van der Waals surface area contributed by atoms with E-state index < -0.39 is 12.1 Å². The molecule has 0 amide bonds. The fraction of sp³-hybridized carbons (Fsp3) is 0.375. The molecule has 2 nitrogen and oxygen atoms in total. The molecule has 0 aromatic carbocycles. The van der Waals surface area contributed by atoms with Crippen LogP contribution >= 0.6 is 27.5 Å². The molecule has 1 heterocycles. The molecule has 0 aliphatic carbocycles. The largest absolute Gasteiger partial charge is 0.392 e. The van der Waals surface area contributed by atoms with Crippen molar-refractivity contribution in [2.45, 2.75) is 18.4 Å². The Morgan fingerprint density at radius 1 is 1.57 bits per heavy atom. The topological polar surface area (TPSA) is 33.1 Å². The second-order valence-electron chi connectivity index (χ2n) is 2.56. The minimum atomic E-state index is -2.73. The molecule has 0 bridgehead atoms. The van der Waals surface area contributed by atoms with E-state index in [1.807, 2.05) is 0 Å². The molecule has 6 heteroatoms. The summed E-state index contributed by atoms with van der Waals surface area (Å²) in [6, 6.07) is 1.49. The van der Waals surface area contributed by atoms with E-state index in [2.05, 4.69) is 20.9 Å². The first-order chi connectivity index (χ1) is 6.60. The van der Waals surface area contributed by atoms with Gasteiger partial charge in [0.1, 0.15) is 5.69 Å². The molecule has 0 radical (unpaired) electrons. The van der Waals surface area contributed by atoms with Gasteiger partial charge in [-0.1, -0.05) is 27.5 Å². The number of hydrogen-bond donors (Lipinski definition) is 1. The molecule has 1 aromatic rings. The van der Waals surface area contributed by atoms with E-state index >= 15 is 0 Å². The Labute approximate surface area is 93.0 Å². The summed E-state index contributed by atoms with van der Waals surface area (Å²) in [4.78, 5) is 3.66. The maximum Gasteiger partial charge on any atom is 0.281 e. The minimum Gasteiger partial charge on any atom is -0.392 e. The number of hydrogen-bond acceptors (Lipinski definition) is 2. The SMILES string of the molecule is OCc1cc(CBr)nc(C(F)F)c1Cl. The molecule has 0 atom stereocenters. The molecule has 1 aromatic heterocycles. The summed E-state index contributed by atoms with van der Waals surface area (Å²) in [6.07, 6.45) is -2.73. The zero-order chi connectivity index (χ0) is 10.7. The van der Waals surface area contributed by atoms with Crippen molar-refractivity contribution in [1.82, 2.24) is 4.98 Å². The van der Waals surface area contributed by atoms with Crippen molar-refractivity contribution in [3.05, 3.63) is 28.0 Å². The third-order valence-electron chi connectivity index (χ3n) is 1.63. The number of pyridine rings is 1. The van der Waals surface area contributed by atoms with Crippen LogP contribution in [0.4, 0.5) is 8.78 Å². The van der Waals surface area contributed by atoms with E-state index in [4.69, 9.17) is 16.7 Å². The highest BCUT2D eigenvalue weighted by atomic mass is 79.9. The van der Waals surface area contributed by atoms with Gasteiger partial charge in [-0.15, -0.1) is 0 Å². The van der Waals surface area contributed by atoms with Gasteiger partial charge in [0.25, 0.3) is 6.43 Å². The molecule has 0 saturated carbocycles. The van der Waals surface area contributed by atoms with Crippen molar-refractivity contribution >= 4 is 27.5 Å². The van der Waals surface area contributed by atoms with Crippen molar-refractivity contribution in [1.29, 1.82) is 0 Å². The Bertz CT molecular complexity index is 335. The summed E-state index contributed by atoms with van der Waals surface area (Å²) in [7, 11) is 0. The number of aromatic nitrogens is 1. The second-order valence-corrected chi connectivity index (χ2v) is 3.50. The summed E-state index contributed by atoms with van der Waals surface area (Å²) >= 11 is 8.71. The predicted octanol–water partition coefficient (Wildman–Crippen LogP) is 3.06. The average molecular weight is 287 g/mol. The van der Waals surface area contributed by atoms with Crippen LogP contribution in [0.2, 0.25) is 5.02 Å². The fourth-order valence-electron chi connectivity index (χ4n) is 0.993. The summed E-state index contributed by atoms with van der Waals surface area (Å²) in [5, 5.41) is 9.06. The first-order valence-electron chi connectivity index (χ1n) is 3.73. The highest BCUT2D eigenvalue weighted by molar-refractivity contribution is 9.08. The highest BCUT2D eigenvalue weighted by Gasteiger charge is 2.17. The Kier molecular flexibility index (Phi) is 4.22.